The molecule has 122 valence electrons. The van der Waals surface area contributed by atoms with E-state index >= 15 is 0 Å². The molecule has 3 nitrogen and oxygen atoms in total. The van der Waals surface area contributed by atoms with Crippen molar-refractivity contribution in [3.05, 3.63) is 41.6 Å². The zero-order valence-corrected chi connectivity index (χ0v) is 12.6. The number of aromatic nitrogens is 2. The van der Waals surface area contributed by atoms with Gasteiger partial charge in [-0.3, -0.25) is 4.98 Å². The molecule has 3 heterocycles. The van der Waals surface area contributed by atoms with Gasteiger partial charge in [-0.2, -0.15) is 13.2 Å². The number of pyridine rings is 2. The fraction of sp³-hybridized carbons (Fsp3) is 0.333. The average Bonchev–Trinajstić information content (AvgIpc) is 2.41. The maximum atomic E-state index is 13.9. The molecule has 3 rings (SSSR count). The summed E-state index contributed by atoms with van der Waals surface area (Å²) in [5.41, 5.74) is 1.27. The molecule has 0 saturated carbocycles. The number of halogens is 5. The number of alkyl halides is 3. The SMILES string of the molecule is Fc1cc(Cl)ncc1-c1cc(N2CC(CC(F)(F)F)C2)ccn1. The van der Waals surface area contributed by atoms with Gasteiger partial charge in [0, 0.05) is 49.6 Å². The molecule has 0 aromatic carbocycles. The van der Waals surface area contributed by atoms with Crippen molar-refractivity contribution in [2.24, 2.45) is 5.92 Å². The van der Waals surface area contributed by atoms with Crippen LogP contribution < -0.4 is 4.90 Å². The van der Waals surface area contributed by atoms with Gasteiger partial charge in [0.2, 0.25) is 0 Å². The molecule has 0 amide bonds. The minimum Gasteiger partial charge on any atom is -0.371 e. The second-order valence-electron chi connectivity index (χ2n) is 5.48. The van der Waals surface area contributed by atoms with Gasteiger partial charge in [0.15, 0.2) is 0 Å². The van der Waals surface area contributed by atoms with Crippen LogP contribution in [0.15, 0.2) is 30.6 Å². The quantitative estimate of drug-likeness (QED) is 0.612. The fourth-order valence-corrected chi connectivity index (χ4v) is 2.74. The molecule has 1 saturated heterocycles. The zero-order valence-electron chi connectivity index (χ0n) is 11.8. The van der Waals surface area contributed by atoms with Gasteiger partial charge in [0.25, 0.3) is 0 Å². The Kier molecular flexibility index (Phi) is 4.14. The van der Waals surface area contributed by atoms with E-state index < -0.39 is 24.3 Å². The number of anilines is 1. The Balaban J connectivity index is 1.74. The van der Waals surface area contributed by atoms with Crippen molar-refractivity contribution in [1.82, 2.24) is 9.97 Å². The van der Waals surface area contributed by atoms with E-state index in [2.05, 4.69) is 9.97 Å². The fourth-order valence-electron chi connectivity index (χ4n) is 2.60. The molecule has 1 fully saturated rings. The molecule has 0 atom stereocenters. The lowest BCUT2D eigenvalue weighted by atomic mass is 9.95. The van der Waals surface area contributed by atoms with Crippen molar-refractivity contribution in [2.75, 3.05) is 18.0 Å². The maximum absolute atomic E-state index is 13.9. The summed E-state index contributed by atoms with van der Waals surface area (Å²) < 4.78 is 50.9. The Morgan fingerprint density at radius 2 is 1.96 bits per heavy atom. The van der Waals surface area contributed by atoms with E-state index in [4.69, 9.17) is 11.6 Å². The van der Waals surface area contributed by atoms with Gasteiger partial charge in [0.05, 0.1) is 11.3 Å². The normalized spacial score (nSPS) is 15.6. The zero-order chi connectivity index (χ0) is 16.6. The van der Waals surface area contributed by atoms with Crippen LogP contribution in [0.2, 0.25) is 5.15 Å². The monoisotopic (exact) mass is 345 g/mol. The Morgan fingerprint density at radius 3 is 2.61 bits per heavy atom. The van der Waals surface area contributed by atoms with Gasteiger partial charge in [-0.05, 0) is 12.1 Å². The maximum Gasteiger partial charge on any atom is 0.389 e. The highest BCUT2D eigenvalue weighted by molar-refractivity contribution is 6.29. The van der Waals surface area contributed by atoms with Crippen molar-refractivity contribution in [3.8, 4) is 11.3 Å². The first-order valence-corrected chi connectivity index (χ1v) is 7.29. The Morgan fingerprint density at radius 1 is 1.22 bits per heavy atom. The second-order valence-corrected chi connectivity index (χ2v) is 5.86. The van der Waals surface area contributed by atoms with E-state index in [1.807, 2.05) is 4.90 Å². The summed E-state index contributed by atoms with van der Waals surface area (Å²) in [5.74, 6) is -0.950. The van der Waals surface area contributed by atoms with Crippen LogP contribution in [0.1, 0.15) is 6.42 Å². The van der Waals surface area contributed by atoms with Crippen LogP contribution in [0.3, 0.4) is 0 Å². The molecule has 2 aromatic heterocycles. The van der Waals surface area contributed by atoms with Crippen LogP contribution in [0, 0.1) is 11.7 Å². The van der Waals surface area contributed by atoms with Crippen LogP contribution in [0.5, 0.6) is 0 Å². The molecule has 0 unspecified atom stereocenters. The van der Waals surface area contributed by atoms with Crippen molar-refractivity contribution >= 4 is 17.3 Å². The number of hydrogen-bond donors (Lipinski definition) is 0. The third-order valence-corrected chi connectivity index (χ3v) is 3.89. The summed E-state index contributed by atoms with van der Waals surface area (Å²) in [4.78, 5) is 9.72. The molecule has 0 aliphatic carbocycles. The summed E-state index contributed by atoms with van der Waals surface area (Å²) in [7, 11) is 0. The predicted octanol–water partition coefficient (Wildman–Crippen LogP) is 4.32. The smallest absolute Gasteiger partial charge is 0.371 e. The van der Waals surface area contributed by atoms with Crippen LogP contribution >= 0.6 is 11.6 Å². The molecular formula is C15H12ClF4N3. The van der Waals surface area contributed by atoms with E-state index in [-0.39, 0.29) is 10.7 Å². The van der Waals surface area contributed by atoms with Gasteiger partial charge >= 0.3 is 6.18 Å². The van der Waals surface area contributed by atoms with E-state index in [0.29, 0.717) is 24.5 Å². The number of nitrogens with zero attached hydrogens (tertiary/aromatic N) is 3. The topological polar surface area (TPSA) is 29.0 Å². The summed E-state index contributed by atoms with van der Waals surface area (Å²) >= 11 is 5.61. The van der Waals surface area contributed by atoms with Gasteiger partial charge in [-0.25, -0.2) is 9.37 Å². The lowest BCUT2D eigenvalue weighted by Crippen LogP contribution is -2.48. The lowest BCUT2D eigenvalue weighted by molar-refractivity contribution is -0.146. The highest BCUT2D eigenvalue weighted by Crippen LogP contribution is 2.34. The Labute approximate surface area is 134 Å². The first kappa shape index (κ1) is 16.0. The second kappa shape index (κ2) is 5.96. The van der Waals surface area contributed by atoms with E-state index in [1.54, 1.807) is 12.1 Å². The molecular weight excluding hydrogens is 334 g/mol. The van der Waals surface area contributed by atoms with Crippen molar-refractivity contribution < 1.29 is 17.6 Å². The van der Waals surface area contributed by atoms with E-state index in [9.17, 15) is 17.6 Å². The summed E-state index contributed by atoms with van der Waals surface area (Å²) in [5, 5.41) is 0.0418. The van der Waals surface area contributed by atoms with Gasteiger partial charge in [-0.1, -0.05) is 11.6 Å². The Bertz CT molecular complexity index is 714. The molecule has 8 heteroatoms. The van der Waals surface area contributed by atoms with E-state index in [0.717, 1.165) is 6.07 Å². The molecule has 1 aliphatic rings. The first-order chi connectivity index (χ1) is 10.8. The minimum absolute atomic E-state index is 0.0418. The summed E-state index contributed by atoms with van der Waals surface area (Å²) in [6, 6.07) is 4.42. The molecule has 1 aliphatic heterocycles. The lowest BCUT2D eigenvalue weighted by Gasteiger charge is -2.41. The molecule has 23 heavy (non-hydrogen) atoms. The number of rotatable bonds is 3. The molecule has 2 aromatic rings. The average molecular weight is 346 g/mol. The van der Waals surface area contributed by atoms with Crippen molar-refractivity contribution in [2.45, 2.75) is 12.6 Å². The third-order valence-electron chi connectivity index (χ3n) is 3.68. The molecule has 0 spiro atoms. The summed E-state index contributed by atoms with van der Waals surface area (Å²) in [6.45, 7) is 0.647. The third kappa shape index (κ3) is 3.72. The van der Waals surface area contributed by atoms with Crippen LogP contribution in [0.4, 0.5) is 23.2 Å². The van der Waals surface area contributed by atoms with Crippen LogP contribution in [-0.4, -0.2) is 29.2 Å². The predicted molar refractivity (Wildman–Crippen MR) is 78.8 cm³/mol. The van der Waals surface area contributed by atoms with Gasteiger partial charge in [0.1, 0.15) is 11.0 Å². The highest BCUT2D eigenvalue weighted by atomic mass is 35.5. The minimum atomic E-state index is -4.14. The van der Waals surface area contributed by atoms with Crippen LogP contribution in [0.25, 0.3) is 11.3 Å². The van der Waals surface area contributed by atoms with Gasteiger partial charge < -0.3 is 4.90 Å². The molecule has 0 radical (unpaired) electrons. The standard InChI is InChI=1S/C15H12ClF4N3/c16-14-4-12(17)11(6-22-14)13-3-10(1-2-21-13)23-7-9(8-23)5-15(18,19)20/h1-4,6,9H,5,7-8H2. The van der Waals surface area contributed by atoms with E-state index in [1.165, 1.54) is 12.4 Å². The van der Waals surface area contributed by atoms with Crippen LogP contribution in [-0.2, 0) is 0 Å². The largest absolute Gasteiger partial charge is 0.389 e. The van der Waals surface area contributed by atoms with Crippen molar-refractivity contribution in [1.29, 1.82) is 0 Å². The molecule has 0 bridgehead atoms. The highest BCUT2D eigenvalue weighted by Gasteiger charge is 2.38. The molecule has 0 N–H and O–H groups in total. The van der Waals surface area contributed by atoms with Crippen molar-refractivity contribution in [3.63, 3.8) is 0 Å². The summed E-state index contributed by atoms with van der Waals surface area (Å²) in [6.07, 6.45) is -2.14. The Hall–Kier alpha value is -1.89. The first-order valence-electron chi connectivity index (χ1n) is 6.91. The van der Waals surface area contributed by atoms with Gasteiger partial charge in [-0.15, -0.1) is 0 Å². The number of hydrogen-bond acceptors (Lipinski definition) is 3.